The highest BCUT2D eigenvalue weighted by Gasteiger charge is 2.21. The van der Waals surface area contributed by atoms with Gasteiger partial charge in [-0.2, -0.15) is 0 Å². The van der Waals surface area contributed by atoms with Crippen LogP contribution in [0.2, 0.25) is 0 Å². The van der Waals surface area contributed by atoms with E-state index < -0.39 is 0 Å². The molecule has 2 aromatic rings. The van der Waals surface area contributed by atoms with Crippen LogP contribution in [0.4, 0.5) is 5.69 Å². The van der Waals surface area contributed by atoms with Gasteiger partial charge in [-0.05, 0) is 12.0 Å². The molecule has 0 saturated carbocycles. The van der Waals surface area contributed by atoms with Crippen molar-refractivity contribution in [3.63, 3.8) is 0 Å². The Morgan fingerprint density at radius 1 is 0.962 bits per heavy atom. The summed E-state index contributed by atoms with van der Waals surface area (Å²) in [6.07, 6.45) is 2.43. The van der Waals surface area contributed by atoms with Crippen molar-refractivity contribution in [3.05, 3.63) is 60.5 Å². The van der Waals surface area contributed by atoms with Crippen molar-refractivity contribution in [1.29, 1.82) is 0 Å². The Bertz CT molecular complexity index is 703. The van der Waals surface area contributed by atoms with Crippen LogP contribution < -0.4 is 14.4 Å². The van der Waals surface area contributed by atoms with Gasteiger partial charge in [0.1, 0.15) is 11.5 Å². The maximum Gasteiger partial charge on any atom is 0.223 e. The quantitative estimate of drug-likeness (QED) is 0.801. The van der Waals surface area contributed by atoms with Crippen molar-refractivity contribution in [2.45, 2.75) is 6.42 Å². The molecule has 2 aromatic carbocycles. The van der Waals surface area contributed by atoms with E-state index >= 15 is 0 Å². The molecule has 0 N–H and O–H groups in total. The predicted molar refractivity (Wildman–Crippen MR) is 103 cm³/mol. The third kappa shape index (κ3) is 4.48. The molecule has 1 aliphatic heterocycles. The van der Waals surface area contributed by atoms with E-state index in [9.17, 15) is 4.79 Å². The molecule has 0 spiro atoms. The number of carbonyl (C=O) groups excluding carboxylic acids is 1. The van der Waals surface area contributed by atoms with E-state index in [1.165, 1.54) is 0 Å². The number of hydrogen-bond acceptors (Lipinski definition) is 4. The molecule has 1 saturated heterocycles. The van der Waals surface area contributed by atoms with Crippen LogP contribution >= 0.6 is 0 Å². The lowest BCUT2D eigenvalue weighted by molar-refractivity contribution is -0.130. The highest BCUT2D eigenvalue weighted by Crippen LogP contribution is 2.29. The number of benzene rings is 2. The second-order valence-corrected chi connectivity index (χ2v) is 6.26. The van der Waals surface area contributed by atoms with Crippen molar-refractivity contribution in [1.82, 2.24) is 4.90 Å². The third-order valence-corrected chi connectivity index (χ3v) is 4.65. The van der Waals surface area contributed by atoms with Gasteiger partial charge in [0.05, 0.1) is 14.2 Å². The molecule has 137 valence electrons. The zero-order chi connectivity index (χ0) is 18.4. The van der Waals surface area contributed by atoms with Gasteiger partial charge in [-0.3, -0.25) is 4.79 Å². The molecular formula is C21H25N2O3. The lowest BCUT2D eigenvalue weighted by Crippen LogP contribution is -2.48. The van der Waals surface area contributed by atoms with E-state index in [4.69, 9.17) is 9.47 Å². The van der Waals surface area contributed by atoms with Crippen LogP contribution in [-0.4, -0.2) is 51.2 Å². The molecule has 1 fully saturated rings. The summed E-state index contributed by atoms with van der Waals surface area (Å²) >= 11 is 0. The number of nitrogens with zero attached hydrogens (tertiary/aromatic N) is 2. The van der Waals surface area contributed by atoms with E-state index in [0.717, 1.165) is 48.9 Å². The number of carbonyl (C=O) groups is 1. The monoisotopic (exact) mass is 353 g/mol. The zero-order valence-corrected chi connectivity index (χ0v) is 15.4. The summed E-state index contributed by atoms with van der Waals surface area (Å²) < 4.78 is 10.7. The maximum atomic E-state index is 12.5. The molecule has 0 bridgehead atoms. The molecular weight excluding hydrogens is 328 g/mol. The van der Waals surface area contributed by atoms with Crippen molar-refractivity contribution >= 4 is 11.6 Å². The Kier molecular flexibility index (Phi) is 6.00. The van der Waals surface area contributed by atoms with E-state index in [2.05, 4.69) is 4.90 Å². The SMILES string of the molecule is COc1cc(OC)cc(N2CCN(C(=O)C[CH]c3ccccc3)CC2)c1. The average Bonchev–Trinajstić information content (AvgIpc) is 2.72. The third-order valence-electron chi connectivity index (χ3n) is 4.65. The molecule has 0 aliphatic carbocycles. The first kappa shape index (κ1) is 18.1. The van der Waals surface area contributed by atoms with Gasteiger partial charge >= 0.3 is 0 Å². The lowest BCUT2D eigenvalue weighted by atomic mass is 10.1. The second kappa shape index (κ2) is 8.61. The standard InChI is InChI=1S/C21H25N2O3/c1-25-19-14-18(15-20(16-19)26-2)22-10-12-23(13-11-22)21(24)9-8-17-6-4-3-5-7-17/h3-8,14-16H,9-13H2,1-2H3. The van der Waals surface area contributed by atoms with E-state index in [-0.39, 0.29) is 5.91 Å². The minimum absolute atomic E-state index is 0.178. The van der Waals surface area contributed by atoms with Gasteiger partial charge in [-0.1, -0.05) is 30.3 Å². The van der Waals surface area contributed by atoms with Crippen LogP contribution in [0.15, 0.2) is 48.5 Å². The number of methoxy groups -OCH3 is 2. The Balaban J connectivity index is 1.54. The maximum absolute atomic E-state index is 12.5. The summed E-state index contributed by atoms with van der Waals surface area (Å²) in [7, 11) is 3.30. The lowest BCUT2D eigenvalue weighted by Gasteiger charge is -2.36. The van der Waals surface area contributed by atoms with Crippen molar-refractivity contribution < 1.29 is 14.3 Å². The molecule has 3 rings (SSSR count). The molecule has 5 nitrogen and oxygen atoms in total. The summed E-state index contributed by atoms with van der Waals surface area (Å²) in [5.41, 5.74) is 2.15. The topological polar surface area (TPSA) is 42.0 Å². The molecule has 1 radical (unpaired) electrons. The van der Waals surface area contributed by atoms with Crippen LogP contribution in [0, 0.1) is 6.42 Å². The summed E-state index contributed by atoms with van der Waals surface area (Å²) in [5, 5.41) is 0. The van der Waals surface area contributed by atoms with Gasteiger partial charge in [0, 0.05) is 56.5 Å². The Hall–Kier alpha value is -2.69. The molecule has 1 aliphatic rings. The minimum atomic E-state index is 0.178. The zero-order valence-electron chi connectivity index (χ0n) is 15.4. The first-order valence-corrected chi connectivity index (χ1v) is 8.83. The first-order valence-electron chi connectivity index (χ1n) is 8.83. The number of anilines is 1. The number of piperazine rings is 1. The molecule has 1 amide bonds. The van der Waals surface area contributed by atoms with E-state index in [0.29, 0.717) is 6.42 Å². The summed E-state index contributed by atoms with van der Waals surface area (Å²) in [5.74, 6) is 1.72. The molecule has 0 unspecified atom stereocenters. The smallest absolute Gasteiger partial charge is 0.223 e. The van der Waals surface area contributed by atoms with E-state index in [1.54, 1.807) is 14.2 Å². The summed E-state index contributed by atoms with van der Waals surface area (Å²) in [6, 6.07) is 15.8. The number of rotatable bonds is 6. The molecule has 5 heteroatoms. The van der Waals surface area contributed by atoms with Gasteiger partial charge in [-0.25, -0.2) is 0 Å². The van der Waals surface area contributed by atoms with Gasteiger partial charge in [0.15, 0.2) is 0 Å². The Morgan fingerprint density at radius 3 is 2.15 bits per heavy atom. The van der Waals surface area contributed by atoms with E-state index in [1.807, 2.05) is 59.9 Å². The van der Waals surface area contributed by atoms with Crippen LogP contribution in [0.1, 0.15) is 12.0 Å². The van der Waals surface area contributed by atoms with Gasteiger partial charge in [0.25, 0.3) is 0 Å². The molecule has 0 aromatic heterocycles. The van der Waals surface area contributed by atoms with Crippen LogP contribution in [0.25, 0.3) is 0 Å². The normalized spacial score (nSPS) is 14.2. The Labute approximate surface area is 155 Å². The fraction of sp³-hybridized carbons (Fsp3) is 0.333. The van der Waals surface area contributed by atoms with Gasteiger partial charge in [0.2, 0.25) is 5.91 Å². The van der Waals surface area contributed by atoms with Crippen molar-refractivity contribution in [2.24, 2.45) is 0 Å². The molecule has 0 atom stereocenters. The van der Waals surface area contributed by atoms with Crippen molar-refractivity contribution in [3.8, 4) is 11.5 Å². The number of amides is 1. The summed E-state index contributed by atoms with van der Waals surface area (Å²) in [6.45, 7) is 3.04. The van der Waals surface area contributed by atoms with Gasteiger partial charge in [-0.15, -0.1) is 0 Å². The fourth-order valence-electron chi connectivity index (χ4n) is 3.11. The molecule has 1 heterocycles. The fourth-order valence-corrected chi connectivity index (χ4v) is 3.11. The summed E-state index contributed by atoms with van der Waals surface area (Å²) in [4.78, 5) is 16.6. The predicted octanol–water partition coefficient (Wildman–Crippen LogP) is 3.00. The second-order valence-electron chi connectivity index (χ2n) is 6.26. The highest BCUT2D eigenvalue weighted by molar-refractivity contribution is 5.78. The number of hydrogen-bond donors (Lipinski definition) is 0. The van der Waals surface area contributed by atoms with Crippen LogP contribution in [0.3, 0.4) is 0 Å². The van der Waals surface area contributed by atoms with Crippen molar-refractivity contribution in [2.75, 3.05) is 45.3 Å². The Morgan fingerprint density at radius 2 is 1.58 bits per heavy atom. The first-order chi connectivity index (χ1) is 12.7. The highest BCUT2D eigenvalue weighted by atomic mass is 16.5. The minimum Gasteiger partial charge on any atom is -0.497 e. The largest absolute Gasteiger partial charge is 0.497 e. The van der Waals surface area contributed by atoms with Crippen LogP contribution in [0.5, 0.6) is 11.5 Å². The van der Waals surface area contributed by atoms with Crippen LogP contribution in [-0.2, 0) is 4.79 Å². The number of ether oxygens (including phenoxy) is 2. The molecule has 26 heavy (non-hydrogen) atoms. The average molecular weight is 353 g/mol. The van der Waals surface area contributed by atoms with Gasteiger partial charge < -0.3 is 19.3 Å².